The molecular formula is C12H13NO3S. The van der Waals surface area contributed by atoms with Crippen molar-refractivity contribution in [1.82, 2.24) is 0 Å². The van der Waals surface area contributed by atoms with Crippen LogP contribution in [-0.4, -0.2) is 11.1 Å². The van der Waals surface area contributed by atoms with E-state index < -0.39 is 5.97 Å². The third-order valence-corrected chi connectivity index (χ3v) is 3.42. The van der Waals surface area contributed by atoms with Gasteiger partial charge in [0.1, 0.15) is 0 Å². The van der Waals surface area contributed by atoms with Gasteiger partial charge in [-0.1, -0.05) is 6.92 Å². The minimum Gasteiger partial charge on any atom is -0.475 e. The van der Waals surface area contributed by atoms with Crippen LogP contribution >= 0.6 is 11.3 Å². The predicted molar refractivity (Wildman–Crippen MR) is 66.7 cm³/mol. The molecule has 0 bridgehead atoms. The Morgan fingerprint density at radius 3 is 2.94 bits per heavy atom. The first kappa shape index (κ1) is 11.7. The molecule has 5 heteroatoms. The van der Waals surface area contributed by atoms with Crippen LogP contribution in [0.15, 0.2) is 28.0 Å². The summed E-state index contributed by atoms with van der Waals surface area (Å²) in [6, 6.07) is 5.18. The van der Waals surface area contributed by atoms with E-state index in [1.54, 1.807) is 17.4 Å². The molecule has 0 atom stereocenters. The van der Waals surface area contributed by atoms with Crippen LogP contribution in [0.3, 0.4) is 0 Å². The van der Waals surface area contributed by atoms with Crippen molar-refractivity contribution in [2.75, 3.05) is 5.32 Å². The number of carboxylic acid groups (broad SMARTS) is 1. The van der Waals surface area contributed by atoms with E-state index in [1.807, 2.05) is 0 Å². The fourth-order valence-corrected chi connectivity index (χ4v) is 2.47. The number of anilines is 1. The molecule has 4 nitrogen and oxygen atoms in total. The number of hydrogen-bond donors (Lipinski definition) is 2. The molecule has 2 rings (SSSR count). The number of carbonyl (C=O) groups is 1. The summed E-state index contributed by atoms with van der Waals surface area (Å²) in [6.45, 7) is 2.77. The van der Waals surface area contributed by atoms with Gasteiger partial charge in [-0.05, 0) is 29.5 Å². The Bertz CT molecular complexity index is 515. The lowest BCUT2D eigenvalue weighted by Crippen LogP contribution is -1.98. The molecule has 0 spiro atoms. The SMILES string of the molecule is CCc1ccsc1CNc1ccc(C(=O)O)o1. The van der Waals surface area contributed by atoms with Crippen molar-refractivity contribution in [3.8, 4) is 0 Å². The van der Waals surface area contributed by atoms with Gasteiger partial charge in [-0.25, -0.2) is 4.79 Å². The van der Waals surface area contributed by atoms with Crippen LogP contribution in [0.5, 0.6) is 0 Å². The average molecular weight is 251 g/mol. The van der Waals surface area contributed by atoms with Gasteiger partial charge in [-0.15, -0.1) is 11.3 Å². The first-order valence-corrected chi connectivity index (χ1v) is 6.21. The van der Waals surface area contributed by atoms with Gasteiger partial charge < -0.3 is 14.8 Å². The summed E-state index contributed by atoms with van der Waals surface area (Å²) in [4.78, 5) is 11.9. The van der Waals surface area contributed by atoms with E-state index in [0.717, 1.165) is 6.42 Å². The van der Waals surface area contributed by atoms with Crippen LogP contribution in [0, 0.1) is 0 Å². The predicted octanol–water partition coefficient (Wildman–Crippen LogP) is 3.21. The molecule has 0 aliphatic rings. The van der Waals surface area contributed by atoms with Crippen molar-refractivity contribution in [2.24, 2.45) is 0 Å². The molecule has 90 valence electrons. The van der Waals surface area contributed by atoms with Crippen LogP contribution < -0.4 is 5.32 Å². The molecule has 0 amide bonds. The van der Waals surface area contributed by atoms with E-state index in [0.29, 0.717) is 12.4 Å². The summed E-state index contributed by atoms with van der Waals surface area (Å²) in [5.41, 5.74) is 1.31. The summed E-state index contributed by atoms with van der Waals surface area (Å²) in [5.74, 6) is -0.615. The van der Waals surface area contributed by atoms with Gasteiger partial charge in [0.15, 0.2) is 5.88 Å². The summed E-state index contributed by atoms with van der Waals surface area (Å²) in [7, 11) is 0. The quantitative estimate of drug-likeness (QED) is 0.856. The van der Waals surface area contributed by atoms with Crippen molar-refractivity contribution in [2.45, 2.75) is 19.9 Å². The zero-order valence-electron chi connectivity index (χ0n) is 9.40. The zero-order valence-corrected chi connectivity index (χ0v) is 10.2. The molecule has 0 radical (unpaired) electrons. The number of rotatable bonds is 5. The number of aromatic carboxylic acids is 1. The molecule has 0 saturated carbocycles. The Labute approximate surface area is 103 Å². The Morgan fingerprint density at radius 2 is 2.29 bits per heavy atom. The average Bonchev–Trinajstić information content (AvgIpc) is 2.95. The maximum atomic E-state index is 10.6. The van der Waals surface area contributed by atoms with Crippen molar-refractivity contribution >= 4 is 23.2 Å². The summed E-state index contributed by atoms with van der Waals surface area (Å²) >= 11 is 1.69. The van der Waals surface area contributed by atoms with Gasteiger partial charge in [0.25, 0.3) is 0 Å². The van der Waals surface area contributed by atoms with E-state index in [9.17, 15) is 4.79 Å². The van der Waals surface area contributed by atoms with E-state index in [1.165, 1.54) is 16.5 Å². The van der Waals surface area contributed by atoms with Crippen LogP contribution in [0.4, 0.5) is 5.88 Å². The van der Waals surface area contributed by atoms with Crippen LogP contribution in [0.2, 0.25) is 0 Å². The van der Waals surface area contributed by atoms with Gasteiger partial charge in [-0.2, -0.15) is 0 Å². The lowest BCUT2D eigenvalue weighted by Gasteiger charge is -2.02. The molecule has 0 aliphatic heterocycles. The van der Waals surface area contributed by atoms with E-state index >= 15 is 0 Å². The molecule has 0 aliphatic carbocycles. The van der Waals surface area contributed by atoms with E-state index in [2.05, 4.69) is 23.7 Å². The topological polar surface area (TPSA) is 62.5 Å². The molecule has 17 heavy (non-hydrogen) atoms. The third kappa shape index (κ3) is 2.68. The molecule has 0 fully saturated rings. The zero-order chi connectivity index (χ0) is 12.3. The first-order valence-electron chi connectivity index (χ1n) is 5.33. The van der Waals surface area contributed by atoms with Crippen molar-refractivity contribution in [1.29, 1.82) is 0 Å². The number of hydrogen-bond acceptors (Lipinski definition) is 4. The maximum Gasteiger partial charge on any atom is 0.371 e. The minimum absolute atomic E-state index is 0.0469. The van der Waals surface area contributed by atoms with Crippen LogP contribution in [0.25, 0.3) is 0 Å². The minimum atomic E-state index is -1.05. The van der Waals surface area contributed by atoms with Gasteiger partial charge in [0.2, 0.25) is 5.76 Å². The van der Waals surface area contributed by atoms with Gasteiger partial charge in [-0.3, -0.25) is 0 Å². The number of furan rings is 1. The lowest BCUT2D eigenvalue weighted by molar-refractivity contribution is 0.0663. The Morgan fingerprint density at radius 1 is 1.47 bits per heavy atom. The highest BCUT2D eigenvalue weighted by molar-refractivity contribution is 7.10. The summed E-state index contributed by atoms with van der Waals surface area (Å²) < 4.78 is 5.11. The number of carboxylic acids is 1. The van der Waals surface area contributed by atoms with Gasteiger partial charge >= 0.3 is 5.97 Å². The normalized spacial score (nSPS) is 10.4. The molecule has 2 heterocycles. The van der Waals surface area contributed by atoms with Crippen molar-refractivity contribution in [3.63, 3.8) is 0 Å². The summed E-state index contributed by atoms with van der Waals surface area (Å²) in [5, 5.41) is 13.8. The maximum absolute atomic E-state index is 10.6. The largest absolute Gasteiger partial charge is 0.475 e. The van der Waals surface area contributed by atoms with E-state index in [-0.39, 0.29) is 5.76 Å². The third-order valence-electron chi connectivity index (χ3n) is 2.46. The smallest absolute Gasteiger partial charge is 0.371 e. The monoisotopic (exact) mass is 251 g/mol. The molecular weight excluding hydrogens is 238 g/mol. The first-order chi connectivity index (χ1) is 8.20. The molecule has 2 aromatic heterocycles. The molecule has 2 aromatic rings. The van der Waals surface area contributed by atoms with Gasteiger partial charge in [0, 0.05) is 10.9 Å². The van der Waals surface area contributed by atoms with Crippen LogP contribution in [0.1, 0.15) is 27.9 Å². The van der Waals surface area contributed by atoms with Crippen molar-refractivity contribution in [3.05, 3.63) is 39.8 Å². The highest BCUT2D eigenvalue weighted by atomic mass is 32.1. The molecule has 0 unspecified atom stereocenters. The standard InChI is InChI=1S/C12H13NO3S/c1-2-8-5-6-17-10(8)7-13-11-4-3-9(16-11)12(14)15/h3-6,13H,2,7H2,1H3,(H,14,15). The highest BCUT2D eigenvalue weighted by Gasteiger charge is 2.09. The Balaban J connectivity index is 2.00. The Kier molecular flexibility index (Phi) is 3.49. The van der Waals surface area contributed by atoms with Crippen molar-refractivity contribution < 1.29 is 14.3 Å². The second kappa shape index (κ2) is 5.05. The number of thiophene rings is 1. The molecule has 0 saturated heterocycles. The van der Waals surface area contributed by atoms with E-state index in [4.69, 9.17) is 9.52 Å². The Hall–Kier alpha value is -1.75. The fourth-order valence-electron chi connectivity index (χ4n) is 1.55. The second-order valence-electron chi connectivity index (χ2n) is 3.55. The number of nitrogens with one attached hydrogen (secondary N) is 1. The van der Waals surface area contributed by atoms with Gasteiger partial charge in [0.05, 0.1) is 6.54 Å². The van der Waals surface area contributed by atoms with Crippen LogP contribution in [-0.2, 0) is 13.0 Å². The summed E-state index contributed by atoms with van der Waals surface area (Å²) in [6.07, 6.45) is 0.999. The fraction of sp³-hybridized carbons (Fsp3) is 0.250. The lowest BCUT2D eigenvalue weighted by atomic mass is 10.2. The molecule has 0 aromatic carbocycles. The second-order valence-corrected chi connectivity index (χ2v) is 4.55. The molecule has 2 N–H and O–H groups in total. The number of aryl methyl sites for hydroxylation is 1. The highest BCUT2D eigenvalue weighted by Crippen LogP contribution is 2.20.